The van der Waals surface area contributed by atoms with Crippen molar-refractivity contribution in [3.63, 3.8) is 0 Å². The van der Waals surface area contributed by atoms with Gasteiger partial charge in [-0.2, -0.15) is 5.10 Å². The zero-order valence-corrected chi connectivity index (χ0v) is 20.8. The van der Waals surface area contributed by atoms with E-state index in [0.717, 1.165) is 85.1 Å². The largest absolute Gasteiger partial charge is 0.494 e. The normalized spacial score (nSPS) is 15.7. The van der Waals surface area contributed by atoms with Gasteiger partial charge < -0.3 is 25.2 Å². The zero-order chi connectivity index (χ0) is 24.5. The second kappa shape index (κ2) is 9.53. The number of aryl methyl sites for hydroxylation is 2. The van der Waals surface area contributed by atoms with Crippen LogP contribution in [0.15, 0.2) is 24.4 Å². The average molecular weight is 477 g/mol. The maximum Gasteiger partial charge on any atom is 0.271 e. The first kappa shape index (κ1) is 23.1. The van der Waals surface area contributed by atoms with Crippen LogP contribution in [0, 0.1) is 0 Å². The molecule has 0 atom stereocenters. The van der Waals surface area contributed by atoms with Gasteiger partial charge in [-0.15, -0.1) is 0 Å². The van der Waals surface area contributed by atoms with Gasteiger partial charge in [0.1, 0.15) is 5.75 Å². The van der Waals surface area contributed by atoms with E-state index in [1.807, 2.05) is 19.3 Å². The van der Waals surface area contributed by atoms with E-state index in [-0.39, 0.29) is 5.91 Å². The van der Waals surface area contributed by atoms with Gasteiger partial charge in [-0.05, 0) is 44.0 Å². The number of hydrogen-bond acceptors (Lipinski definition) is 8. The summed E-state index contributed by atoms with van der Waals surface area (Å²) in [5.41, 5.74) is 6.08. The van der Waals surface area contributed by atoms with E-state index in [2.05, 4.69) is 49.7 Å². The maximum absolute atomic E-state index is 12.4. The summed E-state index contributed by atoms with van der Waals surface area (Å²) in [7, 11) is 7.31. The number of methoxy groups -OCH3 is 1. The smallest absolute Gasteiger partial charge is 0.271 e. The van der Waals surface area contributed by atoms with Gasteiger partial charge >= 0.3 is 0 Å². The van der Waals surface area contributed by atoms with Crippen molar-refractivity contribution >= 4 is 23.2 Å². The number of aromatic nitrogens is 4. The third-order valence-electron chi connectivity index (χ3n) is 6.85. The number of piperazine rings is 1. The first-order valence-corrected chi connectivity index (χ1v) is 12.0. The molecule has 1 fully saturated rings. The first-order chi connectivity index (χ1) is 17.0. The molecule has 10 heteroatoms. The number of nitrogens with zero attached hydrogens (tertiary/aromatic N) is 6. The highest BCUT2D eigenvalue weighted by atomic mass is 16.5. The maximum atomic E-state index is 12.4. The SMILES string of the molecule is CNC(=O)c1nn(C)c2c1CCCc1cnc(Nc3ccc(N4CCN(C)CC4)cc3OC)nc1-2. The average Bonchev–Trinajstić information content (AvgIpc) is 3.08. The molecule has 10 nitrogen and oxygen atoms in total. The predicted molar refractivity (Wildman–Crippen MR) is 136 cm³/mol. The van der Waals surface area contributed by atoms with Gasteiger partial charge in [0.05, 0.1) is 24.2 Å². The molecule has 0 saturated carbocycles. The molecule has 0 spiro atoms. The monoisotopic (exact) mass is 476 g/mol. The van der Waals surface area contributed by atoms with Gasteiger partial charge in [-0.25, -0.2) is 9.97 Å². The van der Waals surface area contributed by atoms with Gasteiger partial charge in [0.2, 0.25) is 5.95 Å². The summed E-state index contributed by atoms with van der Waals surface area (Å²) in [6.07, 6.45) is 4.40. The van der Waals surface area contributed by atoms with E-state index in [1.165, 1.54) is 0 Å². The number of carbonyl (C=O) groups is 1. The summed E-state index contributed by atoms with van der Waals surface area (Å²) in [6, 6.07) is 6.18. The molecule has 2 aliphatic rings. The van der Waals surface area contributed by atoms with Crippen LogP contribution in [0.3, 0.4) is 0 Å². The molecule has 1 amide bonds. The van der Waals surface area contributed by atoms with Gasteiger partial charge in [0.15, 0.2) is 5.69 Å². The molecule has 1 aromatic carbocycles. The molecule has 2 N–H and O–H groups in total. The summed E-state index contributed by atoms with van der Waals surface area (Å²) < 4.78 is 7.46. The Morgan fingerprint density at radius 3 is 2.66 bits per heavy atom. The lowest BCUT2D eigenvalue weighted by Gasteiger charge is -2.34. The standard InChI is InChI=1S/C25H32N8O2/c1-26-24(34)22-18-7-5-6-16-15-27-25(29-21(16)23(18)32(3)30-22)28-19-9-8-17(14-20(19)35-4)33-12-10-31(2)11-13-33/h8-9,14-15H,5-7,10-13H2,1-4H3,(H,26,34)(H,27,28,29). The van der Waals surface area contributed by atoms with Crippen molar-refractivity contribution in [2.24, 2.45) is 7.05 Å². The zero-order valence-electron chi connectivity index (χ0n) is 20.8. The van der Waals surface area contributed by atoms with Crippen LogP contribution >= 0.6 is 0 Å². The second-order valence-corrected chi connectivity index (χ2v) is 9.10. The summed E-state index contributed by atoms with van der Waals surface area (Å²) in [5, 5.41) is 10.5. The fourth-order valence-electron chi connectivity index (χ4n) is 4.88. The number of fused-ring (bicyclic) bond motifs is 3. The van der Waals surface area contributed by atoms with Gasteiger partial charge in [-0.1, -0.05) is 0 Å². The van der Waals surface area contributed by atoms with Crippen molar-refractivity contribution < 1.29 is 9.53 Å². The molecule has 5 rings (SSSR count). The van der Waals surface area contributed by atoms with E-state index >= 15 is 0 Å². The third kappa shape index (κ3) is 4.41. The van der Waals surface area contributed by atoms with Crippen molar-refractivity contribution in [2.45, 2.75) is 19.3 Å². The fraction of sp³-hybridized carbons (Fsp3) is 0.440. The van der Waals surface area contributed by atoms with Crippen LogP contribution in [-0.2, 0) is 19.9 Å². The fourth-order valence-corrected chi connectivity index (χ4v) is 4.88. The molecule has 3 heterocycles. The van der Waals surface area contributed by atoms with Crippen molar-refractivity contribution in [1.29, 1.82) is 0 Å². The number of rotatable bonds is 5. The number of hydrogen-bond donors (Lipinski definition) is 2. The third-order valence-corrected chi connectivity index (χ3v) is 6.85. The Balaban J connectivity index is 1.46. The Bertz CT molecular complexity index is 1250. The number of likely N-dealkylation sites (N-methyl/N-ethyl adjacent to an activating group) is 1. The Kier molecular flexibility index (Phi) is 6.29. The van der Waals surface area contributed by atoms with Crippen molar-refractivity contribution in [3.8, 4) is 17.1 Å². The quantitative estimate of drug-likeness (QED) is 0.578. The first-order valence-electron chi connectivity index (χ1n) is 12.0. The molecule has 0 radical (unpaired) electrons. The van der Waals surface area contributed by atoms with Crippen LogP contribution in [0.25, 0.3) is 11.4 Å². The molecule has 1 saturated heterocycles. The minimum absolute atomic E-state index is 0.178. The van der Waals surface area contributed by atoms with E-state index in [4.69, 9.17) is 9.72 Å². The Hall–Kier alpha value is -3.66. The number of anilines is 3. The highest BCUT2D eigenvalue weighted by molar-refractivity contribution is 5.95. The molecule has 2 aromatic heterocycles. The summed E-state index contributed by atoms with van der Waals surface area (Å²) in [6.45, 7) is 4.07. The number of carbonyl (C=O) groups excluding carboxylic acids is 1. The molecular formula is C25H32N8O2. The minimum atomic E-state index is -0.178. The van der Waals surface area contributed by atoms with Gasteiger partial charge in [-0.3, -0.25) is 9.48 Å². The van der Waals surface area contributed by atoms with Crippen molar-refractivity contribution in [3.05, 3.63) is 41.2 Å². The molecule has 184 valence electrons. The predicted octanol–water partition coefficient (Wildman–Crippen LogP) is 2.23. The van der Waals surface area contributed by atoms with Crippen LogP contribution in [0.2, 0.25) is 0 Å². The molecule has 1 aliphatic heterocycles. The summed E-state index contributed by atoms with van der Waals surface area (Å²) in [4.78, 5) is 26.6. The van der Waals surface area contributed by atoms with Crippen LogP contribution in [0.5, 0.6) is 5.75 Å². The molecule has 0 unspecified atom stereocenters. The summed E-state index contributed by atoms with van der Waals surface area (Å²) >= 11 is 0. The second-order valence-electron chi connectivity index (χ2n) is 9.10. The number of amides is 1. The molecule has 3 aromatic rings. The lowest BCUT2D eigenvalue weighted by atomic mass is 10.1. The highest BCUT2D eigenvalue weighted by Crippen LogP contribution is 2.35. The van der Waals surface area contributed by atoms with E-state index < -0.39 is 0 Å². The molecule has 35 heavy (non-hydrogen) atoms. The number of benzene rings is 1. The topological polar surface area (TPSA) is 100 Å². The summed E-state index contributed by atoms with van der Waals surface area (Å²) in [5.74, 6) is 1.04. The molecule has 0 bridgehead atoms. The number of nitrogens with one attached hydrogen (secondary N) is 2. The van der Waals surface area contributed by atoms with Crippen LogP contribution in [0.4, 0.5) is 17.3 Å². The van der Waals surface area contributed by atoms with E-state index in [9.17, 15) is 4.79 Å². The van der Waals surface area contributed by atoms with Gasteiger partial charge in [0.25, 0.3) is 5.91 Å². The Morgan fingerprint density at radius 2 is 1.91 bits per heavy atom. The van der Waals surface area contributed by atoms with Crippen molar-refractivity contribution in [2.75, 3.05) is 57.6 Å². The highest BCUT2D eigenvalue weighted by Gasteiger charge is 2.27. The molecular weight excluding hydrogens is 444 g/mol. The Morgan fingerprint density at radius 1 is 1.11 bits per heavy atom. The minimum Gasteiger partial charge on any atom is -0.494 e. The lowest BCUT2D eigenvalue weighted by Crippen LogP contribution is -2.44. The van der Waals surface area contributed by atoms with Crippen LogP contribution in [0.1, 0.15) is 28.0 Å². The Labute approximate surface area is 205 Å². The van der Waals surface area contributed by atoms with Crippen molar-refractivity contribution in [1.82, 2.24) is 30.0 Å². The number of ether oxygens (including phenoxy) is 1. The van der Waals surface area contributed by atoms with Gasteiger partial charge in [0, 0.05) is 63.8 Å². The molecule has 1 aliphatic carbocycles. The van der Waals surface area contributed by atoms with E-state index in [1.54, 1.807) is 18.8 Å². The van der Waals surface area contributed by atoms with E-state index in [0.29, 0.717) is 11.6 Å². The van der Waals surface area contributed by atoms with Crippen LogP contribution in [-0.4, -0.2) is 77.9 Å². The van der Waals surface area contributed by atoms with Crippen LogP contribution < -0.4 is 20.3 Å². The lowest BCUT2D eigenvalue weighted by molar-refractivity contribution is 0.0956.